The number of benzene rings is 1. The third-order valence-corrected chi connectivity index (χ3v) is 4.13. The van der Waals surface area contributed by atoms with E-state index in [1.807, 2.05) is 12.1 Å². The molecule has 0 bridgehead atoms. The highest BCUT2D eigenvalue weighted by Crippen LogP contribution is 2.31. The van der Waals surface area contributed by atoms with Crippen LogP contribution in [0.4, 0.5) is 0 Å². The first-order valence-corrected chi connectivity index (χ1v) is 7.93. The van der Waals surface area contributed by atoms with Crippen molar-refractivity contribution in [2.24, 2.45) is 5.92 Å². The number of rotatable bonds is 7. The van der Waals surface area contributed by atoms with Gasteiger partial charge in [0.1, 0.15) is 0 Å². The van der Waals surface area contributed by atoms with Crippen molar-refractivity contribution in [1.29, 1.82) is 0 Å². The highest BCUT2D eigenvalue weighted by molar-refractivity contribution is 9.10. The van der Waals surface area contributed by atoms with Gasteiger partial charge in [-0.1, -0.05) is 67.2 Å². The van der Waals surface area contributed by atoms with Crippen LogP contribution in [0.25, 0.3) is 0 Å². The summed E-state index contributed by atoms with van der Waals surface area (Å²) in [5.41, 5.74) is 1.31. The van der Waals surface area contributed by atoms with Gasteiger partial charge in [-0.25, -0.2) is 0 Å². The molecule has 1 aromatic carbocycles. The maximum atomic E-state index is 6.00. The van der Waals surface area contributed by atoms with Crippen molar-refractivity contribution >= 4 is 27.5 Å². The number of nitrogens with one attached hydrogen (secondary N) is 1. The fraction of sp³-hybridized carbons (Fsp3) is 0.600. The molecular weight excluding hydrogens is 310 g/mol. The summed E-state index contributed by atoms with van der Waals surface area (Å²) in [4.78, 5) is 0. The molecule has 18 heavy (non-hydrogen) atoms. The summed E-state index contributed by atoms with van der Waals surface area (Å²) in [5.74, 6) is 0.738. The predicted octanol–water partition coefficient (Wildman–Crippen LogP) is 5.58. The zero-order chi connectivity index (χ0) is 13.5. The minimum atomic E-state index is 0.406. The lowest BCUT2D eigenvalue weighted by Crippen LogP contribution is -2.23. The molecule has 0 aromatic heterocycles. The van der Waals surface area contributed by atoms with Gasteiger partial charge in [-0.3, -0.25) is 0 Å². The van der Waals surface area contributed by atoms with Gasteiger partial charge in [0.15, 0.2) is 0 Å². The van der Waals surface area contributed by atoms with Crippen molar-refractivity contribution in [3.8, 4) is 0 Å². The van der Waals surface area contributed by atoms with Crippen molar-refractivity contribution in [3.63, 3.8) is 0 Å². The van der Waals surface area contributed by atoms with E-state index in [2.05, 4.69) is 48.1 Å². The summed E-state index contributed by atoms with van der Waals surface area (Å²) in [7, 11) is 0. The van der Waals surface area contributed by atoms with Crippen LogP contribution < -0.4 is 5.32 Å². The van der Waals surface area contributed by atoms with Gasteiger partial charge < -0.3 is 5.32 Å². The Morgan fingerprint density at radius 2 is 2.06 bits per heavy atom. The molecule has 1 rings (SSSR count). The normalized spacial score (nSPS) is 14.5. The Balaban J connectivity index is 2.82. The van der Waals surface area contributed by atoms with E-state index in [-0.39, 0.29) is 0 Å². The second kappa shape index (κ2) is 8.19. The van der Waals surface area contributed by atoms with Gasteiger partial charge in [0.2, 0.25) is 0 Å². The van der Waals surface area contributed by atoms with Crippen LogP contribution in [0.3, 0.4) is 0 Å². The fourth-order valence-corrected chi connectivity index (χ4v) is 3.32. The molecular formula is C15H23BrClN. The monoisotopic (exact) mass is 331 g/mol. The number of hydrogen-bond acceptors (Lipinski definition) is 1. The van der Waals surface area contributed by atoms with Crippen molar-refractivity contribution in [2.45, 2.75) is 46.1 Å². The molecule has 0 spiro atoms. The molecule has 0 radical (unpaired) electrons. The van der Waals surface area contributed by atoms with Gasteiger partial charge in [0.25, 0.3) is 0 Å². The Morgan fingerprint density at radius 1 is 1.33 bits per heavy atom. The molecule has 0 aliphatic heterocycles. The Hall–Kier alpha value is -0.0500. The average Bonchev–Trinajstić information content (AvgIpc) is 2.29. The van der Waals surface area contributed by atoms with Gasteiger partial charge in [0, 0.05) is 15.5 Å². The van der Waals surface area contributed by atoms with Crippen molar-refractivity contribution in [2.75, 3.05) is 6.54 Å². The van der Waals surface area contributed by atoms with Crippen molar-refractivity contribution in [1.82, 2.24) is 5.32 Å². The van der Waals surface area contributed by atoms with Gasteiger partial charge in [-0.15, -0.1) is 0 Å². The summed E-state index contributed by atoms with van der Waals surface area (Å²) in [6, 6.07) is 6.48. The molecule has 0 saturated heterocycles. The Morgan fingerprint density at radius 3 is 2.61 bits per heavy atom. The molecule has 0 aliphatic rings. The van der Waals surface area contributed by atoms with Crippen LogP contribution in [0.2, 0.25) is 5.02 Å². The van der Waals surface area contributed by atoms with Crippen LogP contribution in [0.5, 0.6) is 0 Å². The molecule has 0 heterocycles. The van der Waals surface area contributed by atoms with E-state index in [9.17, 15) is 0 Å². The first-order chi connectivity index (χ1) is 8.58. The van der Waals surface area contributed by atoms with Gasteiger partial charge in [-0.05, 0) is 36.6 Å². The zero-order valence-corrected chi connectivity index (χ0v) is 13.8. The topological polar surface area (TPSA) is 12.0 Å². The predicted molar refractivity (Wildman–Crippen MR) is 84.3 cm³/mol. The van der Waals surface area contributed by atoms with Crippen LogP contribution in [0, 0.1) is 5.92 Å². The molecule has 2 atom stereocenters. The fourth-order valence-electron chi connectivity index (χ4n) is 2.36. The minimum Gasteiger partial charge on any atom is -0.310 e. The molecule has 0 aliphatic carbocycles. The molecule has 0 amide bonds. The molecule has 0 saturated carbocycles. The smallest absolute Gasteiger partial charge is 0.0417 e. The lowest BCUT2D eigenvalue weighted by molar-refractivity contribution is 0.394. The summed E-state index contributed by atoms with van der Waals surface area (Å²) in [5, 5.41) is 4.36. The largest absolute Gasteiger partial charge is 0.310 e. The van der Waals surface area contributed by atoms with Crippen LogP contribution in [-0.2, 0) is 0 Å². The van der Waals surface area contributed by atoms with E-state index in [0.717, 1.165) is 22.0 Å². The molecule has 0 fully saturated rings. The number of hydrogen-bond donors (Lipinski definition) is 1. The molecule has 1 nitrogen and oxygen atoms in total. The third-order valence-electron chi connectivity index (χ3n) is 3.21. The van der Waals surface area contributed by atoms with Crippen LogP contribution >= 0.6 is 27.5 Å². The van der Waals surface area contributed by atoms with Gasteiger partial charge in [-0.2, -0.15) is 0 Å². The first kappa shape index (κ1) is 16.0. The second-order valence-corrected chi connectivity index (χ2v) is 6.20. The average molecular weight is 333 g/mol. The molecule has 102 valence electrons. The van der Waals surface area contributed by atoms with Crippen molar-refractivity contribution < 1.29 is 0 Å². The second-order valence-electron chi connectivity index (χ2n) is 4.91. The van der Waals surface area contributed by atoms with E-state index < -0.39 is 0 Å². The summed E-state index contributed by atoms with van der Waals surface area (Å²) in [6.07, 6.45) is 3.71. The maximum Gasteiger partial charge on any atom is 0.0417 e. The summed E-state index contributed by atoms with van der Waals surface area (Å²) in [6.45, 7) is 7.72. The SMILES string of the molecule is CCCC(C)CC(NCC)c1ccc(Cl)cc1Br. The van der Waals surface area contributed by atoms with E-state index in [1.165, 1.54) is 24.8 Å². The minimum absolute atomic E-state index is 0.406. The van der Waals surface area contributed by atoms with E-state index in [4.69, 9.17) is 11.6 Å². The van der Waals surface area contributed by atoms with Crippen LogP contribution in [0.1, 0.15) is 51.6 Å². The highest BCUT2D eigenvalue weighted by atomic mass is 79.9. The Labute approximate surface area is 124 Å². The molecule has 2 unspecified atom stereocenters. The van der Waals surface area contributed by atoms with Gasteiger partial charge >= 0.3 is 0 Å². The van der Waals surface area contributed by atoms with Crippen LogP contribution in [-0.4, -0.2) is 6.54 Å². The Kier molecular flexibility index (Phi) is 7.28. The zero-order valence-electron chi connectivity index (χ0n) is 11.5. The first-order valence-electron chi connectivity index (χ1n) is 6.76. The highest BCUT2D eigenvalue weighted by Gasteiger charge is 2.16. The summed E-state index contributed by atoms with van der Waals surface area (Å²) >= 11 is 9.63. The maximum absolute atomic E-state index is 6.00. The van der Waals surface area contributed by atoms with E-state index in [1.54, 1.807) is 0 Å². The lowest BCUT2D eigenvalue weighted by Gasteiger charge is -2.23. The third kappa shape index (κ3) is 4.91. The molecule has 3 heteroatoms. The van der Waals surface area contributed by atoms with E-state index >= 15 is 0 Å². The lowest BCUT2D eigenvalue weighted by atomic mass is 9.93. The quantitative estimate of drug-likeness (QED) is 0.687. The van der Waals surface area contributed by atoms with Crippen LogP contribution in [0.15, 0.2) is 22.7 Å². The number of halogens is 2. The summed E-state index contributed by atoms with van der Waals surface area (Å²) < 4.78 is 1.10. The van der Waals surface area contributed by atoms with E-state index in [0.29, 0.717) is 6.04 Å². The van der Waals surface area contributed by atoms with Crippen molar-refractivity contribution in [3.05, 3.63) is 33.3 Å². The van der Waals surface area contributed by atoms with Gasteiger partial charge in [0.05, 0.1) is 0 Å². The molecule has 1 N–H and O–H groups in total. The molecule has 1 aromatic rings. The Bertz CT molecular complexity index is 368. The standard InChI is InChI=1S/C15H23BrClN/c1-4-6-11(3)9-15(18-5-2)13-8-7-12(17)10-14(13)16/h7-8,10-11,15,18H,4-6,9H2,1-3H3.